The fourth-order valence-electron chi connectivity index (χ4n) is 2.97. The Morgan fingerprint density at radius 3 is 2.88 bits per heavy atom. The summed E-state index contributed by atoms with van der Waals surface area (Å²) in [5.41, 5.74) is 5.70. The van der Waals surface area contributed by atoms with Crippen LogP contribution in [0.25, 0.3) is 0 Å². The van der Waals surface area contributed by atoms with Crippen LogP contribution >= 0.6 is 0 Å². The van der Waals surface area contributed by atoms with E-state index in [1.54, 1.807) is 0 Å². The number of ether oxygens (including phenoxy) is 1. The fraction of sp³-hybridized carbons (Fsp3) is 0.923. The third kappa shape index (κ3) is 3.19. The van der Waals surface area contributed by atoms with E-state index >= 15 is 0 Å². The first-order valence-electron chi connectivity index (χ1n) is 6.82. The molecule has 1 aliphatic heterocycles. The van der Waals surface area contributed by atoms with Crippen molar-refractivity contribution in [2.24, 2.45) is 17.6 Å². The molecular formula is C13H24N2O2. The van der Waals surface area contributed by atoms with Crippen molar-refractivity contribution in [2.75, 3.05) is 13.2 Å². The molecule has 1 heterocycles. The normalized spacial score (nSPS) is 38.0. The Labute approximate surface area is 103 Å². The van der Waals surface area contributed by atoms with E-state index in [0.29, 0.717) is 12.5 Å². The maximum Gasteiger partial charge on any atom is 0.223 e. The van der Waals surface area contributed by atoms with E-state index in [4.69, 9.17) is 10.5 Å². The van der Waals surface area contributed by atoms with Crippen molar-refractivity contribution in [3.63, 3.8) is 0 Å². The molecule has 2 aliphatic rings. The van der Waals surface area contributed by atoms with Crippen LogP contribution in [0.2, 0.25) is 0 Å². The summed E-state index contributed by atoms with van der Waals surface area (Å²) in [6.45, 7) is 3.51. The molecular weight excluding hydrogens is 216 g/mol. The van der Waals surface area contributed by atoms with Crippen LogP contribution in [0.5, 0.6) is 0 Å². The Kier molecular flexibility index (Phi) is 4.40. The summed E-state index contributed by atoms with van der Waals surface area (Å²) in [5.74, 6) is 0.923. The highest BCUT2D eigenvalue weighted by atomic mass is 16.5. The van der Waals surface area contributed by atoms with Crippen LogP contribution in [-0.4, -0.2) is 31.2 Å². The maximum atomic E-state index is 12.2. The average molecular weight is 240 g/mol. The van der Waals surface area contributed by atoms with Gasteiger partial charge in [0, 0.05) is 12.5 Å². The lowest BCUT2D eigenvalue weighted by Gasteiger charge is -2.28. The van der Waals surface area contributed by atoms with E-state index in [1.807, 2.05) is 6.92 Å². The van der Waals surface area contributed by atoms with Gasteiger partial charge in [0.2, 0.25) is 5.91 Å². The minimum Gasteiger partial charge on any atom is -0.376 e. The zero-order chi connectivity index (χ0) is 12.3. The van der Waals surface area contributed by atoms with Crippen LogP contribution < -0.4 is 11.1 Å². The van der Waals surface area contributed by atoms with E-state index < -0.39 is 0 Å². The second-order valence-corrected chi connectivity index (χ2v) is 5.44. The summed E-state index contributed by atoms with van der Waals surface area (Å²) < 4.78 is 5.46. The number of nitrogens with one attached hydrogen (secondary N) is 1. The molecule has 0 aromatic rings. The zero-order valence-corrected chi connectivity index (χ0v) is 10.7. The first kappa shape index (κ1) is 12.8. The molecule has 1 saturated carbocycles. The molecule has 2 fully saturated rings. The summed E-state index contributed by atoms with van der Waals surface area (Å²) in [4.78, 5) is 12.2. The van der Waals surface area contributed by atoms with Crippen LogP contribution in [0.4, 0.5) is 0 Å². The smallest absolute Gasteiger partial charge is 0.223 e. The summed E-state index contributed by atoms with van der Waals surface area (Å²) >= 11 is 0. The van der Waals surface area contributed by atoms with E-state index in [0.717, 1.165) is 32.3 Å². The number of rotatable bonds is 3. The Hall–Kier alpha value is -0.610. The molecule has 4 heteroatoms. The highest BCUT2D eigenvalue weighted by Gasteiger charge is 2.31. The average Bonchev–Trinajstić information content (AvgIpc) is 2.75. The molecule has 0 spiro atoms. The Balaban J connectivity index is 1.82. The van der Waals surface area contributed by atoms with Crippen molar-refractivity contribution in [3.05, 3.63) is 0 Å². The summed E-state index contributed by atoms with van der Waals surface area (Å²) in [6, 6.07) is 0.209. The topological polar surface area (TPSA) is 64.3 Å². The molecule has 4 nitrogen and oxygen atoms in total. The predicted octanol–water partition coefficient (Wildman–Crippen LogP) is 1.05. The van der Waals surface area contributed by atoms with Crippen LogP contribution in [-0.2, 0) is 9.53 Å². The molecule has 98 valence electrons. The lowest BCUT2D eigenvalue weighted by atomic mass is 9.81. The highest BCUT2D eigenvalue weighted by Crippen LogP contribution is 2.28. The molecule has 17 heavy (non-hydrogen) atoms. The first-order valence-corrected chi connectivity index (χ1v) is 6.82. The molecule has 4 atom stereocenters. The predicted molar refractivity (Wildman–Crippen MR) is 66.5 cm³/mol. The van der Waals surface area contributed by atoms with E-state index in [9.17, 15) is 4.79 Å². The van der Waals surface area contributed by atoms with Crippen LogP contribution in [0.3, 0.4) is 0 Å². The Morgan fingerprint density at radius 1 is 1.41 bits per heavy atom. The van der Waals surface area contributed by atoms with Crippen molar-refractivity contribution in [3.8, 4) is 0 Å². The Morgan fingerprint density at radius 2 is 2.24 bits per heavy atom. The van der Waals surface area contributed by atoms with Gasteiger partial charge >= 0.3 is 0 Å². The number of hydrogen-bond donors (Lipinski definition) is 2. The molecule has 0 radical (unpaired) electrons. The minimum absolute atomic E-state index is 0.160. The summed E-state index contributed by atoms with van der Waals surface area (Å²) in [6.07, 6.45) is 5.40. The minimum atomic E-state index is 0.160. The van der Waals surface area contributed by atoms with Crippen molar-refractivity contribution >= 4 is 5.91 Å². The fourth-order valence-corrected chi connectivity index (χ4v) is 2.97. The molecule has 0 aromatic carbocycles. The molecule has 3 N–H and O–H groups in total. The molecule has 4 unspecified atom stereocenters. The van der Waals surface area contributed by atoms with Gasteiger partial charge in [0.25, 0.3) is 0 Å². The third-order valence-electron chi connectivity index (χ3n) is 4.19. The standard InChI is InChI=1S/C13H24N2O2/c1-9-12(5-6-17-9)15-13(16)11-4-2-3-10(7-11)8-14/h9-12H,2-8,14H2,1H3,(H,15,16). The molecule has 0 aromatic heterocycles. The van der Waals surface area contributed by atoms with Crippen molar-refractivity contribution in [2.45, 2.75) is 51.2 Å². The van der Waals surface area contributed by atoms with Gasteiger partial charge in [0.1, 0.15) is 0 Å². The number of carbonyl (C=O) groups excluding carboxylic acids is 1. The number of carbonyl (C=O) groups is 1. The Bertz CT molecular complexity index is 270. The monoisotopic (exact) mass is 240 g/mol. The van der Waals surface area contributed by atoms with Crippen molar-refractivity contribution < 1.29 is 9.53 Å². The number of nitrogens with two attached hydrogens (primary N) is 1. The third-order valence-corrected chi connectivity index (χ3v) is 4.19. The van der Waals surface area contributed by atoms with Gasteiger partial charge in [-0.15, -0.1) is 0 Å². The lowest BCUT2D eigenvalue weighted by Crippen LogP contribution is -2.43. The number of amides is 1. The van der Waals surface area contributed by atoms with Crippen LogP contribution in [0.1, 0.15) is 39.0 Å². The van der Waals surface area contributed by atoms with Gasteiger partial charge in [0.15, 0.2) is 0 Å². The maximum absolute atomic E-state index is 12.2. The van der Waals surface area contributed by atoms with Gasteiger partial charge in [-0.05, 0) is 45.1 Å². The van der Waals surface area contributed by atoms with E-state index in [-0.39, 0.29) is 24.0 Å². The van der Waals surface area contributed by atoms with Gasteiger partial charge in [-0.2, -0.15) is 0 Å². The molecule has 0 bridgehead atoms. The van der Waals surface area contributed by atoms with Crippen molar-refractivity contribution in [1.29, 1.82) is 0 Å². The van der Waals surface area contributed by atoms with E-state index in [1.165, 1.54) is 6.42 Å². The molecule has 2 rings (SSSR count). The highest BCUT2D eigenvalue weighted by molar-refractivity contribution is 5.79. The number of hydrogen-bond acceptors (Lipinski definition) is 3. The second-order valence-electron chi connectivity index (χ2n) is 5.44. The summed E-state index contributed by atoms with van der Waals surface area (Å²) in [7, 11) is 0. The van der Waals surface area contributed by atoms with Gasteiger partial charge in [-0.25, -0.2) is 0 Å². The molecule has 1 aliphatic carbocycles. The van der Waals surface area contributed by atoms with E-state index in [2.05, 4.69) is 5.32 Å². The van der Waals surface area contributed by atoms with Gasteiger partial charge in [-0.1, -0.05) is 6.42 Å². The SMILES string of the molecule is CC1OCCC1NC(=O)C1CCCC(CN)C1. The zero-order valence-electron chi connectivity index (χ0n) is 10.7. The molecule has 1 amide bonds. The van der Waals surface area contributed by atoms with Gasteiger partial charge in [-0.3, -0.25) is 4.79 Å². The summed E-state index contributed by atoms with van der Waals surface area (Å²) in [5, 5.41) is 3.14. The van der Waals surface area contributed by atoms with Crippen LogP contribution in [0.15, 0.2) is 0 Å². The quantitative estimate of drug-likeness (QED) is 0.775. The largest absolute Gasteiger partial charge is 0.376 e. The van der Waals surface area contributed by atoms with Gasteiger partial charge in [0.05, 0.1) is 12.1 Å². The van der Waals surface area contributed by atoms with Crippen molar-refractivity contribution in [1.82, 2.24) is 5.32 Å². The molecule has 1 saturated heterocycles. The van der Waals surface area contributed by atoms with Crippen LogP contribution in [0, 0.1) is 11.8 Å². The first-order chi connectivity index (χ1) is 8.20. The second kappa shape index (κ2) is 5.83. The lowest BCUT2D eigenvalue weighted by molar-refractivity contribution is -0.127. The van der Waals surface area contributed by atoms with Gasteiger partial charge < -0.3 is 15.8 Å².